The molecule has 0 atom stereocenters. The van der Waals surface area contributed by atoms with Gasteiger partial charge in [0.25, 0.3) is 5.91 Å². The molecule has 2 aromatic rings. The maximum atomic E-state index is 13.7. The Kier molecular flexibility index (Phi) is 6.59. The number of rotatable bonds is 7. The standard InChI is InChI=1S/C19H24FN5O3/c1-13-23-17(12-18(24-13)25-7-9-28-10-8-25)21-5-6-22-19(26)14-3-4-16(27-2)15(20)11-14/h3-4,11-12H,5-10H2,1-2H3,(H,22,26)(H,21,23,24). The Balaban J connectivity index is 1.51. The van der Waals surface area contributed by atoms with Gasteiger partial charge in [0.1, 0.15) is 17.5 Å². The van der Waals surface area contributed by atoms with Crippen LogP contribution in [0.4, 0.5) is 16.0 Å². The Bertz CT molecular complexity index is 827. The first kappa shape index (κ1) is 19.8. The molecule has 1 saturated heterocycles. The molecule has 1 aromatic heterocycles. The van der Waals surface area contributed by atoms with Crippen LogP contribution in [-0.2, 0) is 4.74 Å². The summed E-state index contributed by atoms with van der Waals surface area (Å²) in [6, 6.07) is 6.00. The average Bonchev–Trinajstić information content (AvgIpc) is 2.71. The van der Waals surface area contributed by atoms with Crippen molar-refractivity contribution in [1.29, 1.82) is 0 Å². The highest BCUT2D eigenvalue weighted by atomic mass is 19.1. The van der Waals surface area contributed by atoms with Gasteiger partial charge in [-0.05, 0) is 25.1 Å². The van der Waals surface area contributed by atoms with Crippen molar-refractivity contribution in [3.63, 3.8) is 0 Å². The molecule has 1 amide bonds. The van der Waals surface area contributed by atoms with Gasteiger partial charge in [-0.2, -0.15) is 0 Å². The number of ether oxygens (including phenoxy) is 2. The Labute approximate surface area is 163 Å². The fraction of sp³-hybridized carbons (Fsp3) is 0.421. The zero-order valence-electron chi connectivity index (χ0n) is 16.0. The number of anilines is 2. The highest BCUT2D eigenvalue weighted by molar-refractivity contribution is 5.94. The van der Waals surface area contributed by atoms with Crippen LogP contribution in [0.15, 0.2) is 24.3 Å². The monoisotopic (exact) mass is 389 g/mol. The summed E-state index contributed by atoms with van der Waals surface area (Å²) in [5.41, 5.74) is 0.241. The second-order valence-electron chi connectivity index (χ2n) is 6.29. The first-order valence-corrected chi connectivity index (χ1v) is 9.11. The van der Waals surface area contributed by atoms with Gasteiger partial charge < -0.3 is 25.0 Å². The molecule has 1 aliphatic heterocycles. The molecule has 0 radical (unpaired) electrons. The SMILES string of the molecule is COc1ccc(C(=O)NCCNc2cc(N3CCOCC3)nc(C)n2)cc1F. The van der Waals surface area contributed by atoms with Crippen LogP contribution in [0, 0.1) is 12.7 Å². The van der Waals surface area contributed by atoms with Crippen molar-refractivity contribution < 1.29 is 18.7 Å². The van der Waals surface area contributed by atoms with Crippen molar-refractivity contribution in [3.05, 3.63) is 41.5 Å². The van der Waals surface area contributed by atoms with Crippen molar-refractivity contribution in [3.8, 4) is 5.75 Å². The van der Waals surface area contributed by atoms with Crippen LogP contribution in [0.3, 0.4) is 0 Å². The first-order chi connectivity index (χ1) is 13.6. The van der Waals surface area contributed by atoms with Gasteiger partial charge in [-0.15, -0.1) is 0 Å². The number of aryl methyl sites for hydroxylation is 1. The quantitative estimate of drug-likeness (QED) is 0.696. The normalized spacial score (nSPS) is 13.9. The third-order valence-electron chi connectivity index (χ3n) is 4.29. The smallest absolute Gasteiger partial charge is 0.251 e. The first-order valence-electron chi connectivity index (χ1n) is 9.11. The van der Waals surface area contributed by atoms with E-state index in [9.17, 15) is 9.18 Å². The number of carbonyl (C=O) groups is 1. The molecule has 0 spiro atoms. The molecule has 8 nitrogen and oxygen atoms in total. The van der Waals surface area contributed by atoms with E-state index in [2.05, 4.69) is 25.5 Å². The van der Waals surface area contributed by atoms with E-state index in [1.54, 1.807) is 0 Å². The molecule has 2 heterocycles. The van der Waals surface area contributed by atoms with Gasteiger partial charge in [0.15, 0.2) is 11.6 Å². The second kappa shape index (κ2) is 9.32. The van der Waals surface area contributed by atoms with E-state index in [-0.39, 0.29) is 17.2 Å². The molecule has 2 N–H and O–H groups in total. The molecule has 0 unspecified atom stereocenters. The number of hydrogen-bond acceptors (Lipinski definition) is 7. The number of nitrogens with one attached hydrogen (secondary N) is 2. The summed E-state index contributed by atoms with van der Waals surface area (Å²) in [5.74, 6) is 1.41. The van der Waals surface area contributed by atoms with Crippen molar-refractivity contribution in [2.75, 3.05) is 56.7 Å². The van der Waals surface area contributed by atoms with E-state index in [4.69, 9.17) is 9.47 Å². The van der Waals surface area contributed by atoms with Crippen molar-refractivity contribution in [2.45, 2.75) is 6.92 Å². The lowest BCUT2D eigenvalue weighted by Gasteiger charge is -2.28. The summed E-state index contributed by atoms with van der Waals surface area (Å²) in [7, 11) is 1.38. The number of methoxy groups -OCH3 is 1. The fourth-order valence-electron chi connectivity index (χ4n) is 2.87. The number of benzene rings is 1. The summed E-state index contributed by atoms with van der Waals surface area (Å²) in [6.07, 6.45) is 0. The molecular weight excluding hydrogens is 365 g/mol. The Morgan fingerprint density at radius 1 is 1.25 bits per heavy atom. The molecule has 0 saturated carbocycles. The zero-order chi connectivity index (χ0) is 19.9. The van der Waals surface area contributed by atoms with E-state index in [0.29, 0.717) is 37.9 Å². The summed E-state index contributed by atoms with van der Waals surface area (Å²) in [6.45, 7) is 5.64. The number of carbonyl (C=O) groups excluding carboxylic acids is 1. The van der Waals surface area contributed by atoms with Crippen LogP contribution in [0.1, 0.15) is 16.2 Å². The van der Waals surface area contributed by atoms with Gasteiger partial charge in [0.2, 0.25) is 0 Å². The molecule has 1 aliphatic rings. The van der Waals surface area contributed by atoms with Crippen molar-refractivity contribution in [1.82, 2.24) is 15.3 Å². The largest absolute Gasteiger partial charge is 0.494 e. The second-order valence-corrected chi connectivity index (χ2v) is 6.29. The number of aromatic nitrogens is 2. The highest BCUT2D eigenvalue weighted by Gasteiger charge is 2.14. The molecule has 150 valence electrons. The predicted molar refractivity (Wildman–Crippen MR) is 104 cm³/mol. The minimum Gasteiger partial charge on any atom is -0.494 e. The Morgan fingerprint density at radius 2 is 2.04 bits per heavy atom. The molecule has 1 aromatic carbocycles. The maximum absolute atomic E-state index is 13.7. The van der Waals surface area contributed by atoms with Crippen LogP contribution in [0.2, 0.25) is 0 Å². The molecule has 3 rings (SSSR count). The highest BCUT2D eigenvalue weighted by Crippen LogP contribution is 2.18. The average molecular weight is 389 g/mol. The number of amides is 1. The lowest BCUT2D eigenvalue weighted by Crippen LogP contribution is -2.37. The molecule has 28 heavy (non-hydrogen) atoms. The van der Waals surface area contributed by atoms with Crippen LogP contribution >= 0.6 is 0 Å². The van der Waals surface area contributed by atoms with Crippen molar-refractivity contribution >= 4 is 17.5 Å². The Morgan fingerprint density at radius 3 is 2.75 bits per heavy atom. The van der Waals surface area contributed by atoms with E-state index in [0.717, 1.165) is 25.0 Å². The lowest BCUT2D eigenvalue weighted by atomic mass is 10.2. The predicted octanol–water partition coefficient (Wildman–Crippen LogP) is 1.61. The lowest BCUT2D eigenvalue weighted by molar-refractivity contribution is 0.0954. The third-order valence-corrected chi connectivity index (χ3v) is 4.29. The number of nitrogens with zero attached hydrogens (tertiary/aromatic N) is 3. The number of halogens is 1. The molecule has 9 heteroatoms. The van der Waals surface area contributed by atoms with Crippen LogP contribution < -0.4 is 20.3 Å². The maximum Gasteiger partial charge on any atom is 0.251 e. The summed E-state index contributed by atoms with van der Waals surface area (Å²) in [5, 5.41) is 5.93. The number of morpholine rings is 1. The minimum absolute atomic E-state index is 0.105. The zero-order valence-corrected chi connectivity index (χ0v) is 16.0. The van der Waals surface area contributed by atoms with Gasteiger partial charge in [0, 0.05) is 37.8 Å². The fourth-order valence-corrected chi connectivity index (χ4v) is 2.87. The van der Waals surface area contributed by atoms with Crippen LogP contribution in [0.25, 0.3) is 0 Å². The van der Waals surface area contributed by atoms with Crippen molar-refractivity contribution in [2.24, 2.45) is 0 Å². The van der Waals surface area contributed by atoms with Gasteiger partial charge in [0.05, 0.1) is 20.3 Å². The van der Waals surface area contributed by atoms with E-state index in [1.807, 2.05) is 13.0 Å². The summed E-state index contributed by atoms with van der Waals surface area (Å²) >= 11 is 0. The minimum atomic E-state index is -0.569. The summed E-state index contributed by atoms with van der Waals surface area (Å²) in [4.78, 5) is 23.1. The molecule has 1 fully saturated rings. The van der Waals surface area contributed by atoms with E-state index < -0.39 is 5.82 Å². The topological polar surface area (TPSA) is 88.6 Å². The van der Waals surface area contributed by atoms with E-state index >= 15 is 0 Å². The molecule has 0 bridgehead atoms. The molecule has 0 aliphatic carbocycles. The summed E-state index contributed by atoms with van der Waals surface area (Å²) < 4.78 is 23.9. The van der Waals surface area contributed by atoms with Gasteiger partial charge >= 0.3 is 0 Å². The third kappa shape index (κ3) is 5.07. The van der Waals surface area contributed by atoms with Gasteiger partial charge in [-0.3, -0.25) is 4.79 Å². The van der Waals surface area contributed by atoms with Crippen LogP contribution in [-0.4, -0.2) is 62.4 Å². The molecular formula is C19H24FN5O3. The van der Waals surface area contributed by atoms with Gasteiger partial charge in [-0.1, -0.05) is 0 Å². The number of hydrogen-bond donors (Lipinski definition) is 2. The van der Waals surface area contributed by atoms with Gasteiger partial charge in [-0.25, -0.2) is 14.4 Å². The Hall–Kier alpha value is -2.94. The van der Waals surface area contributed by atoms with Crippen LogP contribution in [0.5, 0.6) is 5.75 Å². The van der Waals surface area contributed by atoms with E-state index in [1.165, 1.54) is 19.2 Å².